The lowest BCUT2D eigenvalue weighted by molar-refractivity contribution is 0.0950. The molecule has 0 saturated carbocycles. The molecular formula is C18H21NOS2. The summed E-state index contributed by atoms with van der Waals surface area (Å²) >= 11 is 3.64. The van der Waals surface area contributed by atoms with Gasteiger partial charge in [0.1, 0.15) is 0 Å². The van der Waals surface area contributed by atoms with Crippen molar-refractivity contribution < 1.29 is 4.79 Å². The van der Waals surface area contributed by atoms with Crippen molar-refractivity contribution in [2.75, 3.05) is 0 Å². The Morgan fingerprint density at radius 2 is 1.55 bits per heavy atom. The van der Waals surface area contributed by atoms with Crippen LogP contribution in [0.2, 0.25) is 0 Å². The van der Waals surface area contributed by atoms with Crippen LogP contribution in [0.5, 0.6) is 0 Å². The zero-order valence-electron chi connectivity index (χ0n) is 12.7. The van der Waals surface area contributed by atoms with Crippen LogP contribution in [0.4, 0.5) is 0 Å². The van der Waals surface area contributed by atoms with E-state index in [0.29, 0.717) is 6.54 Å². The topological polar surface area (TPSA) is 29.1 Å². The van der Waals surface area contributed by atoms with E-state index in [1.54, 1.807) is 16.2 Å². The molecule has 1 N–H and O–H groups in total. The van der Waals surface area contributed by atoms with Crippen molar-refractivity contribution in [1.82, 2.24) is 5.32 Å². The van der Waals surface area contributed by atoms with Gasteiger partial charge < -0.3 is 5.32 Å². The van der Waals surface area contributed by atoms with Gasteiger partial charge in [-0.15, -0.1) is 22.7 Å². The number of carbonyl (C=O) groups excluding carboxylic acids is 1. The summed E-state index contributed by atoms with van der Waals surface area (Å²) in [6, 6.07) is 0. The van der Waals surface area contributed by atoms with Crippen LogP contribution in [0.1, 0.15) is 62.5 Å². The monoisotopic (exact) mass is 331 g/mol. The minimum absolute atomic E-state index is 0.121. The predicted octanol–water partition coefficient (Wildman–Crippen LogP) is 4.50. The highest BCUT2D eigenvalue weighted by atomic mass is 32.1. The molecule has 22 heavy (non-hydrogen) atoms. The van der Waals surface area contributed by atoms with Crippen LogP contribution < -0.4 is 5.32 Å². The molecule has 2 nitrogen and oxygen atoms in total. The Morgan fingerprint density at radius 1 is 0.909 bits per heavy atom. The fourth-order valence-corrected chi connectivity index (χ4v) is 5.94. The summed E-state index contributed by atoms with van der Waals surface area (Å²) < 4.78 is 0. The molecule has 2 heterocycles. The molecule has 4 heteroatoms. The van der Waals surface area contributed by atoms with Crippen molar-refractivity contribution in [3.05, 3.63) is 42.8 Å². The van der Waals surface area contributed by atoms with Gasteiger partial charge in [0.05, 0.1) is 5.56 Å². The second-order valence-electron chi connectivity index (χ2n) is 6.31. The van der Waals surface area contributed by atoms with Gasteiger partial charge in [-0.2, -0.15) is 0 Å². The number of hydrogen-bond acceptors (Lipinski definition) is 3. The molecule has 2 aliphatic carbocycles. The predicted molar refractivity (Wildman–Crippen MR) is 93.1 cm³/mol. The van der Waals surface area contributed by atoms with Crippen molar-refractivity contribution in [1.29, 1.82) is 0 Å². The molecule has 0 spiro atoms. The summed E-state index contributed by atoms with van der Waals surface area (Å²) in [4.78, 5) is 15.5. The highest BCUT2D eigenvalue weighted by molar-refractivity contribution is 7.10. The standard InChI is InChI=1S/C18H21NOS2/c20-18(15-11-22-17-8-4-2-6-14(15)17)19-9-12-10-21-16-7-3-1-5-13(12)16/h10-11H,1-9H2,(H,19,20). The molecule has 0 aromatic carbocycles. The van der Waals surface area contributed by atoms with Crippen LogP contribution in [0.3, 0.4) is 0 Å². The number of rotatable bonds is 3. The Bertz CT molecular complexity index is 698. The summed E-state index contributed by atoms with van der Waals surface area (Å²) in [7, 11) is 0. The summed E-state index contributed by atoms with van der Waals surface area (Å²) in [5, 5.41) is 7.48. The van der Waals surface area contributed by atoms with Crippen molar-refractivity contribution in [2.45, 2.75) is 57.9 Å². The minimum Gasteiger partial charge on any atom is -0.348 e. The molecule has 0 unspecified atom stereocenters. The average molecular weight is 332 g/mol. The maximum Gasteiger partial charge on any atom is 0.252 e. The SMILES string of the molecule is O=C(NCc1csc2c1CCCC2)c1csc2c1CCCC2. The van der Waals surface area contributed by atoms with Crippen molar-refractivity contribution in [3.63, 3.8) is 0 Å². The van der Waals surface area contributed by atoms with Gasteiger partial charge >= 0.3 is 0 Å². The van der Waals surface area contributed by atoms with Crippen LogP contribution in [0.15, 0.2) is 10.8 Å². The molecule has 0 atom stereocenters. The minimum atomic E-state index is 0.121. The van der Waals surface area contributed by atoms with Gasteiger partial charge in [-0.1, -0.05) is 0 Å². The lowest BCUT2D eigenvalue weighted by Crippen LogP contribution is -2.24. The molecule has 2 aromatic rings. The van der Waals surface area contributed by atoms with Crippen LogP contribution in [-0.2, 0) is 32.2 Å². The van der Waals surface area contributed by atoms with E-state index >= 15 is 0 Å². The van der Waals surface area contributed by atoms with Gasteiger partial charge in [0.25, 0.3) is 5.91 Å². The molecule has 2 aliphatic rings. The van der Waals surface area contributed by atoms with Gasteiger partial charge in [-0.25, -0.2) is 0 Å². The first kappa shape index (κ1) is 14.5. The lowest BCUT2D eigenvalue weighted by Gasteiger charge is -2.14. The Kier molecular flexibility index (Phi) is 4.05. The van der Waals surface area contributed by atoms with Crippen molar-refractivity contribution in [2.24, 2.45) is 0 Å². The number of hydrogen-bond donors (Lipinski definition) is 1. The Hall–Kier alpha value is -1.13. The first-order valence-corrected chi connectivity index (χ1v) is 10.0. The molecule has 2 aromatic heterocycles. The number of thiophene rings is 2. The Morgan fingerprint density at radius 3 is 2.36 bits per heavy atom. The lowest BCUT2D eigenvalue weighted by atomic mass is 9.95. The number of carbonyl (C=O) groups is 1. The smallest absolute Gasteiger partial charge is 0.252 e. The number of amides is 1. The van der Waals surface area contributed by atoms with Crippen molar-refractivity contribution in [3.8, 4) is 0 Å². The van der Waals surface area contributed by atoms with Crippen LogP contribution in [0.25, 0.3) is 0 Å². The second kappa shape index (κ2) is 6.17. The summed E-state index contributed by atoms with van der Waals surface area (Å²) in [6.45, 7) is 0.690. The van der Waals surface area contributed by atoms with E-state index in [-0.39, 0.29) is 5.91 Å². The third-order valence-electron chi connectivity index (χ3n) is 4.89. The van der Waals surface area contributed by atoms with E-state index < -0.39 is 0 Å². The summed E-state index contributed by atoms with van der Waals surface area (Å²) in [5.41, 5.74) is 5.12. The zero-order chi connectivity index (χ0) is 14.9. The summed E-state index contributed by atoms with van der Waals surface area (Å²) in [6.07, 6.45) is 9.77. The zero-order valence-corrected chi connectivity index (χ0v) is 14.4. The van der Waals surface area contributed by atoms with E-state index in [9.17, 15) is 4.79 Å². The fourth-order valence-electron chi connectivity index (χ4n) is 3.66. The molecule has 4 rings (SSSR count). The van der Waals surface area contributed by atoms with Gasteiger partial charge in [0.2, 0.25) is 0 Å². The third kappa shape index (κ3) is 2.63. The maximum atomic E-state index is 12.5. The molecule has 0 aliphatic heterocycles. The molecule has 116 valence electrons. The third-order valence-corrected chi connectivity index (χ3v) is 7.12. The van der Waals surface area contributed by atoms with Gasteiger partial charge in [-0.05, 0) is 73.4 Å². The van der Waals surface area contributed by atoms with E-state index in [4.69, 9.17) is 0 Å². The molecular weight excluding hydrogens is 310 g/mol. The fraction of sp³-hybridized carbons (Fsp3) is 0.500. The first-order valence-electron chi connectivity index (χ1n) is 8.28. The molecule has 0 fully saturated rings. The highest BCUT2D eigenvalue weighted by Crippen LogP contribution is 2.31. The molecule has 0 bridgehead atoms. The first-order chi connectivity index (χ1) is 10.8. The quantitative estimate of drug-likeness (QED) is 0.881. The van der Waals surface area contributed by atoms with E-state index in [1.807, 2.05) is 11.3 Å². The van der Waals surface area contributed by atoms with E-state index in [2.05, 4.69) is 16.1 Å². The van der Waals surface area contributed by atoms with Crippen LogP contribution >= 0.6 is 22.7 Å². The number of fused-ring (bicyclic) bond motifs is 2. The molecule has 1 amide bonds. The normalized spacial score (nSPS) is 16.9. The highest BCUT2D eigenvalue weighted by Gasteiger charge is 2.21. The van der Waals surface area contributed by atoms with Gasteiger partial charge in [0.15, 0.2) is 0 Å². The van der Waals surface area contributed by atoms with Crippen LogP contribution in [-0.4, -0.2) is 5.91 Å². The Balaban J connectivity index is 1.47. The molecule has 0 saturated heterocycles. The largest absolute Gasteiger partial charge is 0.348 e. The van der Waals surface area contributed by atoms with Crippen LogP contribution in [0, 0.1) is 0 Å². The van der Waals surface area contributed by atoms with Crippen molar-refractivity contribution >= 4 is 28.6 Å². The number of nitrogens with one attached hydrogen (secondary N) is 1. The Labute approximate surface area is 139 Å². The maximum absolute atomic E-state index is 12.5. The number of aryl methyl sites for hydroxylation is 2. The second-order valence-corrected chi connectivity index (χ2v) is 8.24. The van der Waals surface area contributed by atoms with Gasteiger partial charge in [-0.3, -0.25) is 4.79 Å². The average Bonchev–Trinajstić information content (AvgIpc) is 3.17. The van der Waals surface area contributed by atoms with E-state index in [0.717, 1.165) is 18.4 Å². The summed E-state index contributed by atoms with van der Waals surface area (Å²) in [5.74, 6) is 0.121. The van der Waals surface area contributed by atoms with E-state index in [1.165, 1.54) is 60.1 Å². The van der Waals surface area contributed by atoms with Gasteiger partial charge in [0, 0.05) is 21.7 Å². The molecule has 0 radical (unpaired) electrons.